The van der Waals surface area contributed by atoms with Crippen molar-refractivity contribution in [3.05, 3.63) is 35.9 Å². The van der Waals surface area contributed by atoms with Crippen LogP contribution in [0.25, 0.3) is 0 Å². The molecule has 112 valence electrons. The third-order valence-electron chi connectivity index (χ3n) is 3.83. The van der Waals surface area contributed by atoms with Crippen LogP contribution in [0.5, 0.6) is 0 Å². The highest BCUT2D eigenvalue weighted by atomic mass is 16.5. The Morgan fingerprint density at radius 3 is 2.80 bits per heavy atom. The Morgan fingerprint density at radius 1 is 1.25 bits per heavy atom. The molecule has 1 aliphatic rings. The zero-order valence-corrected chi connectivity index (χ0v) is 12.5. The molecule has 1 aromatic rings. The Labute approximate surface area is 122 Å². The number of ether oxygens (including phenoxy) is 2. The van der Waals surface area contributed by atoms with Crippen LogP contribution < -0.4 is 5.32 Å². The monoisotopic (exact) mass is 277 g/mol. The fourth-order valence-corrected chi connectivity index (χ4v) is 2.80. The smallest absolute Gasteiger partial charge is 0.0865 e. The molecule has 2 rings (SSSR count). The van der Waals surface area contributed by atoms with Crippen LogP contribution in [-0.2, 0) is 9.47 Å². The number of benzene rings is 1. The molecule has 3 heteroatoms. The quantitative estimate of drug-likeness (QED) is 0.740. The van der Waals surface area contributed by atoms with Crippen LogP contribution in [0.2, 0.25) is 0 Å². The molecule has 0 aromatic heterocycles. The van der Waals surface area contributed by atoms with Gasteiger partial charge in [-0.3, -0.25) is 0 Å². The molecule has 3 nitrogen and oxygen atoms in total. The number of hydrogen-bond acceptors (Lipinski definition) is 3. The zero-order chi connectivity index (χ0) is 14.0. The number of rotatable bonds is 8. The molecule has 0 spiro atoms. The minimum atomic E-state index is 0.214. The van der Waals surface area contributed by atoms with Crippen LogP contribution in [0.1, 0.15) is 37.9 Å². The molecule has 0 bridgehead atoms. The maximum absolute atomic E-state index is 6.19. The Hall–Kier alpha value is -0.900. The summed E-state index contributed by atoms with van der Waals surface area (Å²) in [4.78, 5) is 0. The molecule has 2 unspecified atom stereocenters. The van der Waals surface area contributed by atoms with E-state index in [0.29, 0.717) is 5.92 Å². The van der Waals surface area contributed by atoms with Crippen LogP contribution in [0.15, 0.2) is 30.3 Å². The molecule has 1 aliphatic heterocycles. The Morgan fingerprint density at radius 2 is 2.10 bits per heavy atom. The first-order valence-electron chi connectivity index (χ1n) is 7.87. The minimum absolute atomic E-state index is 0.214. The van der Waals surface area contributed by atoms with Gasteiger partial charge in [-0.1, -0.05) is 30.3 Å². The summed E-state index contributed by atoms with van der Waals surface area (Å²) in [5.41, 5.74) is 1.30. The van der Waals surface area contributed by atoms with Crippen molar-refractivity contribution in [3.63, 3.8) is 0 Å². The van der Waals surface area contributed by atoms with E-state index in [9.17, 15) is 0 Å². The predicted molar refractivity (Wildman–Crippen MR) is 81.8 cm³/mol. The van der Waals surface area contributed by atoms with Crippen molar-refractivity contribution in [2.45, 2.75) is 32.3 Å². The first kappa shape index (κ1) is 15.5. The first-order valence-corrected chi connectivity index (χ1v) is 7.87. The number of piperidine rings is 1. The van der Waals surface area contributed by atoms with E-state index in [4.69, 9.17) is 9.47 Å². The van der Waals surface area contributed by atoms with Crippen LogP contribution in [-0.4, -0.2) is 32.9 Å². The van der Waals surface area contributed by atoms with E-state index in [1.807, 2.05) is 6.92 Å². The Kier molecular flexibility index (Phi) is 7.06. The van der Waals surface area contributed by atoms with Crippen molar-refractivity contribution in [1.82, 2.24) is 5.32 Å². The molecule has 1 N–H and O–H groups in total. The lowest BCUT2D eigenvalue weighted by Crippen LogP contribution is -2.34. The van der Waals surface area contributed by atoms with Crippen molar-refractivity contribution in [2.24, 2.45) is 5.92 Å². The molecule has 0 aliphatic carbocycles. The topological polar surface area (TPSA) is 30.5 Å². The van der Waals surface area contributed by atoms with Crippen molar-refractivity contribution >= 4 is 0 Å². The van der Waals surface area contributed by atoms with Gasteiger partial charge in [-0.2, -0.15) is 0 Å². The molecule has 1 heterocycles. The van der Waals surface area contributed by atoms with Gasteiger partial charge in [0.25, 0.3) is 0 Å². The highest BCUT2D eigenvalue weighted by Crippen LogP contribution is 2.30. The maximum Gasteiger partial charge on any atom is 0.0865 e. The standard InChI is InChI=1S/C17H27NO2/c1-2-19-12-7-13-20-17(15-8-4-3-5-9-15)16-10-6-11-18-14-16/h3-5,8-9,16-18H,2,6-7,10-14H2,1H3. The molecule has 20 heavy (non-hydrogen) atoms. The van der Waals surface area contributed by atoms with E-state index < -0.39 is 0 Å². The largest absolute Gasteiger partial charge is 0.382 e. The lowest BCUT2D eigenvalue weighted by Gasteiger charge is -2.31. The van der Waals surface area contributed by atoms with Gasteiger partial charge in [0.1, 0.15) is 0 Å². The SMILES string of the molecule is CCOCCCOC(c1ccccc1)C1CCCNC1. The van der Waals surface area contributed by atoms with Crippen LogP contribution in [0.3, 0.4) is 0 Å². The van der Waals surface area contributed by atoms with Crippen LogP contribution >= 0.6 is 0 Å². The van der Waals surface area contributed by atoms with Gasteiger partial charge in [0.2, 0.25) is 0 Å². The van der Waals surface area contributed by atoms with E-state index in [1.54, 1.807) is 0 Å². The molecule has 0 amide bonds. The summed E-state index contributed by atoms with van der Waals surface area (Å²) in [5, 5.41) is 3.49. The first-order chi connectivity index (χ1) is 9.92. The third-order valence-corrected chi connectivity index (χ3v) is 3.83. The predicted octanol–water partition coefficient (Wildman–Crippen LogP) is 3.17. The van der Waals surface area contributed by atoms with E-state index >= 15 is 0 Å². The third kappa shape index (κ3) is 4.89. The van der Waals surface area contributed by atoms with E-state index in [0.717, 1.165) is 39.3 Å². The second kappa shape index (κ2) is 9.11. The van der Waals surface area contributed by atoms with E-state index in [2.05, 4.69) is 35.6 Å². The van der Waals surface area contributed by atoms with Crippen LogP contribution in [0, 0.1) is 5.92 Å². The van der Waals surface area contributed by atoms with Gasteiger partial charge < -0.3 is 14.8 Å². The second-order valence-corrected chi connectivity index (χ2v) is 5.36. The summed E-state index contributed by atoms with van der Waals surface area (Å²) in [6.45, 7) is 6.58. The average Bonchev–Trinajstić information content (AvgIpc) is 2.53. The van der Waals surface area contributed by atoms with Gasteiger partial charge in [-0.05, 0) is 38.3 Å². The summed E-state index contributed by atoms with van der Waals surface area (Å²) in [6, 6.07) is 10.6. The fraction of sp³-hybridized carbons (Fsp3) is 0.647. The minimum Gasteiger partial charge on any atom is -0.382 e. The molecule has 0 radical (unpaired) electrons. The van der Waals surface area contributed by atoms with Gasteiger partial charge in [-0.15, -0.1) is 0 Å². The maximum atomic E-state index is 6.19. The summed E-state index contributed by atoms with van der Waals surface area (Å²) in [7, 11) is 0. The highest BCUT2D eigenvalue weighted by molar-refractivity contribution is 5.18. The summed E-state index contributed by atoms with van der Waals surface area (Å²) < 4.78 is 11.6. The Balaban J connectivity index is 1.90. The van der Waals surface area contributed by atoms with Gasteiger partial charge in [-0.25, -0.2) is 0 Å². The summed E-state index contributed by atoms with van der Waals surface area (Å²) in [6.07, 6.45) is 3.68. The van der Waals surface area contributed by atoms with Gasteiger partial charge in [0.15, 0.2) is 0 Å². The normalized spacial score (nSPS) is 20.8. The molecule has 1 fully saturated rings. The van der Waals surface area contributed by atoms with Crippen molar-refractivity contribution < 1.29 is 9.47 Å². The zero-order valence-electron chi connectivity index (χ0n) is 12.5. The molecule has 1 aromatic carbocycles. The van der Waals surface area contributed by atoms with Crippen molar-refractivity contribution in [3.8, 4) is 0 Å². The van der Waals surface area contributed by atoms with E-state index in [-0.39, 0.29) is 6.10 Å². The molecular weight excluding hydrogens is 250 g/mol. The van der Waals surface area contributed by atoms with Crippen molar-refractivity contribution in [2.75, 3.05) is 32.9 Å². The number of hydrogen-bond donors (Lipinski definition) is 1. The van der Waals surface area contributed by atoms with E-state index in [1.165, 1.54) is 18.4 Å². The lowest BCUT2D eigenvalue weighted by molar-refractivity contribution is -0.00719. The fourth-order valence-electron chi connectivity index (χ4n) is 2.80. The summed E-state index contributed by atoms with van der Waals surface area (Å²) >= 11 is 0. The second-order valence-electron chi connectivity index (χ2n) is 5.36. The van der Waals surface area contributed by atoms with Gasteiger partial charge >= 0.3 is 0 Å². The molecular formula is C17H27NO2. The lowest BCUT2D eigenvalue weighted by atomic mass is 9.89. The summed E-state index contributed by atoms with van der Waals surface area (Å²) in [5.74, 6) is 0.582. The Bertz CT molecular complexity index is 349. The highest BCUT2D eigenvalue weighted by Gasteiger charge is 2.25. The molecule has 1 saturated heterocycles. The van der Waals surface area contributed by atoms with Gasteiger partial charge in [0, 0.05) is 32.3 Å². The average molecular weight is 277 g/mol. The molecule has 2 atom stereocenters. The van der Waals surface area contributed by atoms with Crippen LogP contribution in [0.4, 0.5) is 0 Å². The number of nitrogens with one attached hydrogen (secondary N) is 1. The van der Waals surface area contributed by atoms with Gasteiger partial charge in [0.05, 0.1) is 6.10 Å². The molecule has 0 saturated carbocycles. The van der Waals surface area contributed by atoms with Crippen molar-refractivity contribution in [1.29, 1.82) is 0 Å².